The third-order valence-electron chi connectivity index (χ3n) is 6.65. The Morgan fingerprint density at radius 2 is 1.85 bits per heavy atom. The van der Waals surface area contributed by atoms with Crippen LogP contribution in [0.4, 0.5) is 23.2 Å². The number of nitrogens with one attached hydrogen (secondary N) is 1. The van der Waals surface area contributed by atoms with Crippen molar-refractivity contribution < 1.29 is 40.2 Å². The molecule has 0 spiro atoms. The number of hydrogen-bond donors (Lipinski definition) is 1. The van der Waals surface area contributed by atoms with Gasteiger partial charge < -0.3 is 14.8 Å². The molecule has 208 valence electrons. The van der Waals surface area contributed by atoms with Crippen molar-refractivity contribution in [2.75, 3.05) is 18.7 Å². The molecule has 1 aromatic carbocycles. The summed E-state index contributed by atoms with van der Waals surface area (Å²) < 4.78 is 90.6. The van der Waals surface area contributed by atoms with Crippen LogP contribution in [0.25, 0.3) is 0 Å². The summed E-state index contributed by atoms with van der Waals surface area (Å²) in [5.74, 6) is -3.42. The number of anilines is 1. The molecule has 2 heterocycles. The van der Waals surface area contributed by atoms with Gasteiger partial charge in [-0.25, -0.2) is 17.8 Å². The Bertz CT molecular complexity index is 1560. The summed E-state index contributed by atoms with van der Waals surface area (Å²) in [7, 11) is -2.46. The number of nitrogens with zero attached hydrogens (tertiary/aromatic N) is 3. The average molecular weight is 569 g/mol. The van der Waals surface area contributed by atoms with Crippen molar-refractivity contribution in [3.05, 3.63) is 58.7 Å². The van der Waals surface area contributed by atoms with Crippen molar-refractivity contribution in [3.8, 4) is 17.5 Å². The van der Waals surface area contributed by atoms with E-state index in [9.17, 15) is 26.4 Å². The van der Waals surface area contributed by atoms with Crippen LogP contribution in [-0.2, 0) is 21.4 Å². The first kappa shape index (κ1) is 28.2. The number of benzene rings is 1. The molecule has 0 radical (unpaired) electrons. The number of carbonyl (C=O) groups is 1. The van der Waals surface area contributed by atoms with Gasteiger partial charge in [-0.1, -0.05) is 19.4 Å². The van der Waals surface area contributed by atoms with Gasteiger partial charge in [0.15, 0.2) is 21.3 Å². The first-order chi connectivity index (χ1) is 18.2. The van der Waals surface area contributed by atoms with Crippen molar-refractivity contribution in [2.45, 2.75) is 49.6 Å². The van der Waals surface area contributed by atoms with E-state index < -0.39 is 67.5 Å². The molecule has 9 nitrogen and oxygen atoms in total. The molecule has 39 heavy (non-hydrogen) atoms. The number of alkyl halides is 3. The number of ether oxygens (including phenoxy) is 2. The molecule has 3 aromatic rings. The molecule has 0 atom stereocenters. The van der Waals surface area contributed by atoms with E-state index >= 15 is 4.39 Å². The highest BCUT2D eigenvalue weighted by Gasteiger charge is 2.40. The van der Waals surface area contributed by atoms with Gasteiger partial charge in [-0.05, 0) is 48.9 Å². The van der Waals surface area contributed by atoms with E-state index in [1.165, 1.54) is 31.5 Å². The van der Waals surface area contributed by atoms with Crippen LogP contribution in [0, 0.1) is 12.7 Å². The summed E-state index contributed by atoms with van der Waals surface area (Å²) in [5, 5.41) is 8.99. The van der Waals surface area contributed by atoms with Crippen molar-refractivity contribution in [2.24, 2.45) is 0 Å². The quantitative estimate of drug-likeness (QED) is 0.385. The predicted molar refractivity (Wildman–Crippen MR) is 131 cm³/mol. The van der Waals surface area contributed by atoms with Crippen molar-refractivity contribution in [1.29, 1.82) is 0 Å². The highest BCUT2D eigenvalue weighted by atomic mass is 32.2. The average Bonchev–Trinajstić information content (AvgIpc) is 2.82. The topological polar surface area (TPSA) is 120 Å². The number of carbonyl (C=O) groups excluding carboxylic acids is 1. The van der Waals surface area contributed by atoms with Gasteiger partial charge in [0.05, 0.1) is 12.0 Å². The maximum absolute atomic E-state index is 15.4. The fraction of sp³-hybridized carbons (Fsp3) is 0.360. The number of amides is 1. The fourth-order valence-electron chi connectivity index (χ4n) is 4.30. The zero-order chi connectivity index (χ0) is 28.8. The molecular weight excluding hydrogens is 544 g/mol. The minimum atomic E-state index is -4.96. The van der Waals surface area contributed by atoms with Crippen LogP contribution in [0.1, 0.15) is 53.4 Å². The van der Waals surface area contributed by atoms with E-state index in [1.807, 2.05) is 6.92 Å². The van der Waals surface area contributed by atoms with Gasteiger partial charge in [0.1, 0.15) is 5.56 Å². The first-order valence-corrected chi connectivity index (χ1v) is 13.5. The Kier molecular flexibility index (Phi) is 7.27. The van der Waals surface area contributed by atoms with Gasteiger partial charge in [-0.2, -0.15) is 13.2 Å². The number of sulfone groups is 1. The molecule has 0 bridgehead atoms. The van der Waals surface area contributed by atoms with Crippen LogP contribution >= 0.6 is 0 Å². The van der Waals surface area contributed by atoms with Crippen LogP contribution in [0.15, 0.2) is 35.4 Å². The SMILES string of the molecule is COc1c(Oc2nnc(C(F)(F)F)c(C)c2C(=O)Nc2cccc(S(C)(=O)=O)c2)ncc(C2(C)CCC2)c1F. The molecule has 14 heteroatoms. The molecule has 0 unspecified atom stereocenters. The van der Waals surface area contributed by atoms with Crippen molar-refractivity contribution in [1.82, 2.24) is 15.2 Å². The molecule has 1 fully saturated rings. The predicted octanol–water partition coefficient (Wildman–Crippen LogP) is 5.24. The Balaban J connectivity index is 1.78. The highest BCUT2D eigenvalue weighted by molar-refractivity contribution is 7.90. The zero-order valence-electron chi connectivity index (χ0n) is 21.3. The second-order valence-corrected chi connectivity index (χ2v) is 11.5. The summed E-state index contributed by atoms with van der Waals surface area (Å²) >= 11 is 0. The minimum absolute atomic E-state index is 0.0153. The lowest BCUT2D eigenvalue weighted by molar-refractivity contribution is -0.142. The van der Waals surface area contributed by atoms with E-state index in [4.69, 9.17) is 9.47 Å². The Labute approximate surface area is 221 Å². The van der Waals surface area contributed by atoms with Crippen molar-refractivity contribution in [3.63, 3.8) is 0 Å². The van der Waals surface area contributed by atoms with Crippen molar-refractivity contribution >= 4 is 21.4 Å². The van der Waals surface area contributed by atoms with Gasteiger partial charge in [-0.3, -0.25) is 4.79 Å². The standard InChI is InChI=1S/C25H24F4N4O5S/c1-13-17(21(34)31-14-7-5-8-15(11-14)39(4,35)36)22(33-32-20(13)25(27,28)29)38-23-19(37-3)18(26)16(12-30-23)24(2)9-6-10-24/h5,7-8,11-12H,6,9-10H2,1-4H3,(H,31,34). The number of aromatic nitrogens is 3. The summed E-state index contributed by atoms with van der Waals surface area (Å²) in [6, 6.07) is 5.13. The number of halogens is 4. The monoisotopic (exact) mass is 568 g/mol. The van der Waals surface area contributed by atoms with E-state index in [-0.39, 0.29) is 10.6 Å². The molecule has 0 saturated heterocycles. The zero-order valence-corrected chi connectivity index (χ0v) is 22.1. The van der Waals surface area contributed by atoms with Gasteiger partial charge >= 0.3 is 6.18 Å². The van der Waals surface area contributed by atoms with Crippen LogP contribution in [0.5, 0.6) is 17.5 Å². The maximum atomic E-state index is 15.4. The minimum Gasteiger partial charge on any atom is -0.489 e. The second kappa shape index (κ2) is 10.1. The van der Waals surface area contributed by atoms with Gasteiger partial charge in [0.25, 0.3) is 17.7 Å². The Hall–Kier alpha value is -3.81. The number of hydrogen-bond acceptors (Lipinski definition) is 8. The van der Waals surface area contributed by atoms with Gasteiger partial charge in [-0.15, -0.1) is 10.2 Å². The number of pyridine rings is 1. The molecule has 1 aliphatic carbocycles. The molecule has 4 rings (SSSR count). The number of rotatable bonds is 7. The fourth-order valence-corrected chi connectivity index (χ4v) is 4.97. The van der Waals surface area contributed by atoms with Crippen LogP contribution in [0.3, 0.4) is 0 Å². The second-order valence-electron chi connectivity index (χ2n) is 9.45. The van der Waals surface area contributed by atoms with E-state index in [0.717, 1.165) is 38.5 Å². The van der Waals surface area contributed by atoms with Crippen LogP contribution in [-0.4, -0.2) is 42.9 Å². The summed E-state index contributed by atoms with van der Waals surface area (Å²) in [5.41, 5.74) is -2.89. The molecular formula is C25H24F4N4O5S. The molecule has 1 amide bonds. The largest absolute Gasteiger partial charge is 0.489 e. The number of methoxy groups -OCH3 is 1. The molecule has 1 aliphatic rings. The van der Waals surface area contributed by atoms with E-state index in [1.54, 1.807) is 0 Å². The van der Waals surface area contributed by atoms with E-state index in [0.29, 0.717) is 5.56 Å². The lowest BCUT2D eigenvalue weighted by Gasteiger charge is -2.38. The highest BCUT2D eigenvalue weighted by Crippen LogP contribution is 2.47. The summed E-state index contributed by atoms with van der Waals surface area (Å²) in [6.07, 6.45) is -0.340. The van der Waals surface area contributed by atoms with Gasteiger partial charge in [0.2, 0.25) is 5.75 Å². The third-order valence-corrected chi connectivity index (χ3v) is 7.76. The van der Waals surface area contributed by atoms with Crippen LogP contribution in [0.2, 0.25) is 0 Å². The first-order valence-electron chi connectivity index (χ1n) is 11.6. The summed E-state index contributed by atoms with van der Waals surface area (Å²) in [4.78, 5) is 17.2. The molecule has 0 aliphatic heterocycles. The lowest BCUT2D eigenvalue weighted by Crippen LogP contribution is -2.31. The molecule has 2 aromatic heterocycles. The summed E-state index contributed by atoms with van der Waals surface area (Å²) in [6.45, 7) is 2.88. The Morgan fingerprint density at radius 1 is 1.15 bits per heavy atom. The normalized spacial score (nSPS) is 14.9. The van der Waals surface area contributed by atoms with E-state index in [2.05, 4.69) is 20.5 Å². The maximum Gasteiger partial charge on any atom is 0.435 e. The molecule has 1 saturated carbocycles. The Morgan fingerprint density at radius 3 is 2.41 bits per heavy atom. The van der Waals surface area contributed by atoms with Gasteiger partial charge in [0, 0.05) is 23.7 Å². The smallest absolute Gasteiger partial charge is 0.435 e. The van der Waals surface area contributed by atoms with Crippen LogP contribution < -0.4 is 14.8 Å². The third kappa shape index (κ3) is 5.51. The lowest BCUT2D eigenvalue weighted by atomic mass is 9.66. The molecule has 1 N–H and O–H groups in total.